The quantitative estimate of drug-likeness (QED) is 0.849. The summed E-state index contributed by atoms with van der Waals surface area (Å²) >= 11 is 0. The van der Waals surface area contributed by atoms with Crippen LogP contribution in [0, 0.1) is 0 Å². The molecule has 106 valence electrons. The number of hydrogen-bond donors (Lipinski definition) is 1. The minimum atomic E-state index is 0.258. The molecule has 1 aliphatic rings. The molecule has 0 aliphatic carbocycles. The van der Waals surface area contributed by atoms with Gasteiger partial charge in [-0.1, -0.05) is 6.92 Å². The molecule has 0 aromatic heterocycles. The molecule has 0 bridgehead atoms. The number of anilines is 2. The zero-order valence-corrected chi connectivity index (χ0v) is 12.1. The van der Waals surface area contributed by atoms with E-state index in [9.17, 15) is 0 Å². The van der Waals surface area contributed by atoms with Crippen LogP contribution in [-0.4, -0.2) is 31.9 Å². The third-order valence-corrected chi connectivity index (χ3v) is 3.40. The minimum Gasteiger partial charge on any atom is -0.491 e. The van der Waals surface area contributed by atoms with Crippen molar-refractivity contribution in [2.24, 2.45) is 0 Å². The van der Waals surface area contributed by atoms with E-state index in [4.69, 9.17) is 15.2 Å². The summed E-state index contributed by atoms with van der Waals surface area (Å²) in [4.78, 5) is 2.35. The summed E-state index contributed by atoms with van der Waals surface area (Å²) < 4.78 is 11.4. The lowest BCUT2D eigenvalue weighted by atomic mass is 10.1. The number of ether oxygens (including phenoxy) is 2. The van der Waals surface area contributed by atoms with Gasteiger partial charge in [0.1, 0.15) is 5.75 Å². The fraction of sp³-hybridized carbons (Fsp3) is 0.600. The van der Waals surface area contributed by atoms with Crippen LogP contribution in [0.25, 0.3) is 0 Å². The Balaban J connectivity index is 2.19. The van der Waals surface area contributed by atoms with Gasteiger partial charge in [0.25, 0.3) is 0 Å². The highest BCUT2D eigenvalue weighted by Gasteiger charge is 2.24. The fourth-order valence-corrected chi connectivity index (χ4v) is 2.30. The van der Waals surface area contributed by atoms with E-state index in [0.29, 0.717) is 18.3 Å². The van der Waals surface area contributed by atoms with E-state index in [0.717, 1.165) is 31.0 Å². The Morgan fingerprint density at radius 1 is 1.42 bits per heavy atom. The number of benzene rings is 1. The summed E-state index contributed by atoms with van der Waals surface area (Å²) in [7, 11) is 0. The van der Waals surface area contributed by atoms with Crippen molar-refractivity contribution >= 4 is 11.4 Å². The number of nitrogen functional groups attached to an aromatic ring is 1. The van der Waals surface area contributed by atoms with Gasteiger partial charge in [0.2, 0.25) is 0 Å². The van der Waals surface area contributed by atoms with E-state index in [-0.39, 0.29) is 6.10 Å². The second kappa shape index (κ2) is 6.15. The molecule has 1 fully saturated rings. The van der Waals surface area contributed by atoms with Crippen molar-refractivity contribution in [2.75, 3.05) is 30.4 Å². The summed E-state index contributed by atoms with van der Waals surface area (Å²) in [5.41, 5.74) is 7.81. The molecule has 2 atom stereocenters. The maximum Gasteiger partial charge on any atom is 0.144 e. The van der Waals surface area contributed by atoms with Crippen LogP contribution in [0.5, 0.6) is 5.75 Å². The monoisotopic (exact) mass is 264 g/mol. The summed E-state index contributed by atoms with van der Waals surface area (Å²) in [5, 5.41) is 0. The van der Waals surface area contributed by atoms with Crippen molar-refractivity contribution in [1.82, 2.24) is 0 Å². The highest BCUT2D eigenvalue weighted by Crippen LogP contribution is 2.30. The van der Waals surface area contributed by atoms with Crippen LogP contribution < -0.4 is 15.4 Å². The third kappa shape index (κ3) is 3.32. The van der Waals surface area contributed by atoms with Crippen molar-refractivity contribution in [3.63, 3.8) is 0 Å². The number of nitrogens with zero attached hydrogens (tertiary/aromatic N) is 1. The molecule has 0 amide bonds. The highest BCUT2D eigenvalue weighted by molar-refractivity contribution is 5.62. The van der Waals surface area contributed by atoms with Crippen LogP contribution in [0.1, 0.15) is 27.2 Å². The first-order valence-electron chi connectivity index (χ1n) is 7.02. The first kappa shape index (κ1) is 14.0. The molecular weight excluding hydrogens is 240 g/mol. The molecular formula is C15H24N2O2. The maximum atomic E-state index is 5.95. The summed E-state index contributed by atoms with van der Waals surface area (Å²) in [6, 6.07) is 6.40. The van der Waals surface area contributed by atoms with E-state index in [1.54, 1.807) is 0 Å². The Labute approximate surface area is 115 Å². The Morgan fingerprint density at radius 3 is 2.95 bits per heavy atom. The SMILES string of the molecule is CCCOc1cc(N2CC(C)OCC2C)ccc1N. The molecule has 2 rings (SSSR count). The zero-order chi connectivity index (χ0) is 13.8. The van der Waals surface area contributed by atoms with Gasteiger partial charge in [0.05, 0.1) is 25.0 Å². The van der Waals surface area contributed by atoms with Gasteiger partial charge in [-0.3, -0.25) is 0 Å². The normalized spacial score (nSPS) is 23.4. The summed E-state index contributed by atoms with van der Waals surface area (Å²) in [6.07, 6.45) is 1.24. The van der Waals surface area contributed by atoms with Gasteiger partial charge in [-0.2, -0.15) is 0 Å². The summed E-state index contributed by atoms with van der Waals surface area (Å²) in [6.45, 7) is 8.73. The Morgan fingerprint density at radius 2 is 2.21 bits per heavy atom. The lowest BCUT2D eigenvalue weighted by Crippen LogP contribution is -2.47. The van der Waals surface area contributed by atoms with Gasteiger partial charge in [0, 0.05) is 24.3 Å². The Kier molecular flexibility index (Phi) is 4.53. The first-order valence-corrected chi connectivity index (χ1v) is 7.02. The van der Waals surface area contributed by atoms with Gasteiger partial charge in [-0.05, 0) is 32.4 Å². The molecule has 2 N–H and O–H groups in total. The van der Waals surface area contributed by atoms with E-state index in [2.05, 4.69) is 31.7 Å². The van der Waals surface area contributed by atoms with Crippen molar-refractivity contribution in [2.45, 2.75) is 39.3 Å². The third-order valence-electron chi connectivity index (χ3n) is 3.40. The van der Waals surface area contributed by atoms with Gasteiger partial charge in [-0.25, -0.2) is 0 Å². The van der Waals surface area contributed by atoms with E-state index in [1.807, 2.05) is 12.1 Å². The standard InChI is InChI=1S/C15H24N2O2/c1-4-7-18-15-8-13(5-6-14(15)16)17-9-12(3)19-10-11(17)2/h5-6,8,11-12H,4,7,9-10,16H2,1-3H3. The molecule has 4 nitrogen and oxygen atoms in total. The molecule has 2 unspecified atom stereocenters. The van der Waals surface area contributed by atoms with Crippen LogP contribution in [0.4, 0.5) is 11.4 Å². The van der Waals surface area contributed by atoms with E-state index >= 15 is 0 Å². The predicted molar refractivity (Wildman–Crippen MR) is 78.9 cm³/mol. The molecule has 0 spiro atoms. The van der Waals surface area contributed by atoms with Crippen LogP contribution in [0.3, 0.4) is 0 Å². The number of nitrogens with two attached hydrogens (primary N) is 1. The molecule has 4 heteroatoms. The van der Waals surface area contributed by atoms with Gasteiger partial charge in [-0.15, -0.1) is 0 Å². The van der Waals surface area contributed by atoms with Crippen molar-refractivity contribution < 1.29 is 9.47 Å². The number of hydrogen-bond acceptors (Lipinski definition) is 4. The van der Waals surface area contributed by atoms with Crippen molar-refractivity contribution in [3.05, 3.63) is 18.2 Å². The van der Waals surface area contributed by atoms with Crippen LogP contribution in [0.15, 0.2) is 18.2 Å². The second-order valence-corrected chi connectivity index (χ2v) is 5.22. The van der Waals surface area contributed by atoms with Crippen LogP contribution >= 0.6 is 0 Å². The predicted octanol–water partition coefficient (Wildman–Crippen LogP) is 2.67. The Hall–Kier alpha value is -1.42. The molecule has 19 heavy (non-hydrogen) atoms. The second-order valence-electron chi connectivity index (χ2n) is 5.22. The lowest BCUT2D eigenvalue weighted by Gasteiger charge is -2.38. The van der Waals surface area contributed by atoms with Gasteiger partial charge < -0.3 is 20.1 Å². The molecule has 1 saturated heterocycles. The molecule has 1 aromatic carbocycles. The number of rotatable bonds is 4. The minimum absolute atomic E-state index is 0.258. The Bertz CT molecular complexity index is 423. The highest BCUT2D eigenvalue weighted by atomic mass is 16.5. The molecule has 0 radical (unpaired) electrons. The number of morpholine rings is 1. The molecule has 1 aliphatic heterocycles. The lowest BCUT2D eigenvalue weighted by molar-refractivity contribution is 0.0343. The van der Waals surface area contributed by atoms with Crippen molar-refractivity contribution in [1.29, 1.82) is 0 Å². The van der Waals surface area contributed by atoms with E-state index in [1.165, 1.54) is 0 Å². The fourth-order valence-electron chi connectivity index (χ4n) is 2.30. The largest absolute Gasteiger partial charge is 0.491 e. The van der Waals surface area contributed by atoms with Gasteiger partial charge in [0.15, 0.2) is 0 Å². The smallest absolute Gasteiger partial charge is 0.144 e. The molecule has 0 saturated carbocycles. The zero-order valence-electron chi connectivity index (χ0n) is 12.1. The first-order chi connectivity index (χ1) is 9.11. The van der Waals surface area contributed by atoms with Crippen LogP contribution in [-0.2, 0) is 4.74 Å². The van der Waals surface area contributed by atoms with Gasteiger partial charge >= 0.3 is 0 Å². The average molecular weight is 264 g/mol. The topological polar surface area (TPSA) is 47.7 Å². The van der Waals surface area contributed by atoms with E-state index < -0.39 is 0 Å². The molecule has 1 heterocycles. The van der Waals surface area contributed by atoms with Crippen molar-refractivity contribution in [3.8, 4) is 5.75 Å². The maximum absolute atomic E-state index is 5.95. The molecule has 1 aromatic rings. The summed E-state index contributed by atoms with van der Waals surface area (Å²) in [5.74, 6) is 0.783. The average Bonchev–Trinajstić information content (AvgIpc) is 2.41. The van der Waals surface area contributed by atoms with Crippen LogP contribution in [0.2, 0.25) is 0 Å².